The van der Waals surface area contributed by atoms with Gasteiger partial charge >= 0.3 is 5.97 Å². The fraction of sp³-hybridized carbons (Fsp3) is 0.381. The highest BCUT2D eigenvalue weighted by molar-refractivity contribution is 7.89. The largest absolute Gasteiger partial charge is 0.497 e. The summed E-state index contributed by atoms with van der Waals surface area (Å²) < 4.78 is 48.9. The molecule has 1 aliphatic rings. The summed E-state index contributed by atoms with van der Waals surface area (Å²) in [5, 5.41) is 0. The van der Waals surface area contributed by atoms with E-state index in [1.807, 2.05) is 6.07 Å². The van der Waals surface area contributed by atoms with Crippen LogP contribution in [0.15, 0.2) is 41.3 Å². The topological polar surface area (TPSA) is 91.4 Å². The van der Waals surface area contributed by atoms with Crippen LogP contribution >= 0.6 is 0 Å². The number of esters is 1. The van der Waals surface area contributed by atoms with Crippen molar-refractivity contribution in [1.29, 1.82) is 0 Å². The number of sulfonamides is 1. The average Bonchev–Trinajstić information content (AvgIpc) is 2.77. The molecule has 0 unspecified atom stereocenters. The van der Waals surface area contributed by atoms with Crippen molar-refractivity contribution in [2.75, 3.05) is 35.0 Å². The first-order valence-corrected chi connectivity index (χ1v) is 10.8. The van der Waals surface area contributed by atoms with Gasteiger partial charge in [0.25, 0.3) is 0 Å². The SMILES string of the molecule is COC(=O)C[C@@H]1c2cc(OC)c(OC)cc2CCN1S(=O)(=O)c1ccc(OC)cc1. The molecule has 0 saturated heterocycles. The number of carbonyl (C=O) groups excluding carboxylic acids is 1. The molecule has 1 aliphatic heterocycles. The summed E-state index contributed by atoms with van der Waals surface area (Å²) in [7, 11) is 1.97. The Balaban J connectivity index is 2.09. The van der Waals surface area contributed by atoms with Crippen LogP contribution in [0.5, 0.6) is 17.2 Å². The quantitative estimate of drug-likeness (QED) is 0.617. The molecule has 0 radical (unpaired) electrons. The van der Waals surface area contributed by atoms with E-state index in [0.29, 0.717) is 29.2 Å². The van der Waals surface area contributed by atoms with E-state index < -0.39 is 22.0 Å². The smallest absolute Gasteiger partial charge is 0.307 e. The van der Waals surface area contributed by atoms with E-state index in [2.05, 4.69) is 0 Å². The zero-order valence-corrected chi connectivity index (χ0v) is 18.2. The van der Waals surface area contributed by atoms with Crippen molar-refractivity contribution in [2.24, 2.45) is 0 Å². The van der Waals surface area contributed by atoms with Crippen LogP contribution in [0.3, 0.4) is 0 Å². The molecule has 1 atom stereocenters. The second kappa shape index (κ2) is 8.93. The number of methoxy groups -OCH3 is 4. The summed E-state index contributed by atoms with van der Waals surface area (Å²) in [6, 6.07) is 9.00. The van der Waals surface area contributed by atoms with Crippen LogP contribution in [0.25, 0.3) is 0 Å². The second-order valence-electron chi connectivity index (χ2n) is 6.74. The molecule has 0 amide bonds. The number of carbonyl (C=O) groups is 1. The van der Waals surface area contributed by atoms with Gasteiger partial charge in [-0.2, -0.15) is 4.31 Å². The van der Waals surface area contributed by atoms with Crippen LogP contribution in [0.4, 0.5) is 0 Å². The maximum atomic E-state index is 13.4. The van der Waals surface area contributed by atoms with Gasteiger partial charge in [-0.05, 0) is 53.9 Å². The van der Waals surface area contributed by atoms with Gasteiger partial charge in [-0.3, -0.25) is 4.79 Å². The molecular formula is C21H25NO7S. The van der Waals surface area contributed by atoms with Gasteiger partial charge in [0.05, 0.1) is 45.8 Å². The normalized spacial score (nSPS) is 16.5. The lowest BCUT2D eigenvalue weighted by molar-refractivity contribution is -0.141. The first kappa shape index (κ1) is 21.9. The predicted molar refractivity (Wildman–Crippen MR) is 110 cm³/mol. The molecule has 0 bridgehead atoms. The summed E-state index contributed by atoms with van der Waals surface area (Å²) in [5.41, 5.74) is 1.60. The number of benzene rings is 2. The Labute approximate surface area is 176 Å². The Morgan fingerprint density at radius 2 is 1.63 bits per heavy atom. The standard InChI is InChI=1S/C21H25NO7S/c1-26-15-5-7-16(8-6-15)30(24,25)22-10-9-14-11-19(27-2)20(28-3)12-17(14)18(22)13-21(23)29-4/h5-8,11-12,18H,9-10,13H2,1-4H3/t18-/m1/s1. The number of nitrogens with zero attached hydrogens (tertiary/aromatic N) is 1. The van der Waals surface area contributed by atoms with E-state index in [4.69, 9.17) is 18.9 Å². The van der Waals surface area contributed by atoms with Crippen LogP contribution < -0.4 is 14.2 Å². The molecule has 162 valence electrons. The summed E-state index contributed by atoms with van der Waals surface area (Å²) in [5.74, 6) is 1.08. The van der Waals surface area contributed by atoms with Gasteiger partial charge in [-0.15, -0.1) is 0 Å². The van der Waals surface area contributed by atoms with Gasteiger partial charge in [-0.1, -0.05) is 0 Å². The first-order valence-electron chi connectivity index (χ1n) is 9.33. The van der Waals surface area contributed by atoms with Gasteiger partial charge in [0.2, 0.25) is 10.0 Å². The molecule has 3 rings (SSSR count). The van der Waals surface area contributed by atoms with Crippen molar-refractivity contribution in [3.05, 3.63) is 47.5 Å². The van der Waals surface area contributed by atoms with Crippen LogP contribution in [0.2, 0.25) is 0 Å². The van der Waals surface area contributed by atoms with Crippen molar-refractivity contribution in [3.63, 3.8) is 0 Å². The van der Waals surface area contributed by atoms with Crippen molar-refractivity contribution < 1.29 is 32.2 Å². The maximum absolute atomic E-state index is 13.4. The monoisotopic (exact) mass is 435 g/mol. The molecule has 0 spiro atoms. The number of fused-ring (bicyclic) bond motifs is 1. The number of ether oxygens (including phenoxy) is 4. The second-order valence-corrected chi connectivity index (χ2v) is 8.63. The third kappa shape index (κ3) is 4.08. The zero-order valence-electron chi connectivity index (χ0n) is 17.4. The van der Waals surface area contributed by atoms with Crippen LogP contribution in [-0.2, 0) is 26.0 Å². The Morgan fingerprint density at radius 3 is 2.20 bits per heavy atom. The van der Waals surface area contributed by atoms with E-state index in [1.54, 1.807) is 25.3 Å². The van der Waals surface area contributed by atoms with Gasteiger partial charge < -0.3 is 18.9 Å². The molecule has 2 aromatic carbocycles. The van der Waals surface area contributed by atoms with Crippen molar-refractivity contribution >= 4 is 16.0 Å². The van der Waals surface area contributed by atoms with Crippen LogP contribution in [0.1, 0.15) is 23.6 Å². The molecule has 9 heteroatoms. The van der Waals surface area contributed by atoms with E-state index >= 15 is 0 Å². The lowest BCUT2D eigenvalue weighted by atomic mass is 9.91. The molecule has 0 fully saturated rings. The maximum Gasteiger partial charge on any atom is 0.307 e. The van der Waals surface area contributed by atoms with Crippen LogP contribution in [-0.4, -0.2) is 53.7 Å². The minimum absolute atomic E-state index is 0.117. The number of hydrogen-bond acceptors (Lipinski definition) is 7. The predicted octanol–water partition coefficient (Wildman–Crippen LogP) is 2.56. The summed E-state index contributed by atoms with van der Waals surface area (Å²) in [4.78, 5) is 12.3. The van der Waals surface area contributed by atoms with Gasteiger partial charge in [-0.25, -0.2) is 8.42 Å². The fourth-order valence-corrected chi connectivity index (χ4v) is 5.23. The van der Waals surface area contributed by atoms with Crippen LogP contribution in [0, 0.1) is 0 Å². The van der Waals surface area contributed by atoms with Gasteiger partial charge in [0.1, 0.15) is 5.75 Å². The Hall–Kier alpha value is -2.78. The Kier molecular flexibility index (Phi) is 6.52. The van der Waals surface area contributed by atoms with Crippen molar-refractivity contribution in [2.45, 2.75) is 23.8 Å². The highest BCUT2D eigenvalue weighted by atomic mass is 32.2. The minimum atomic E-state index is -3.87. The highest BCUT2D eigenvalue weighted by Gasteiger charge is 2.38. The summed E-state index contributed by atoms with van der Waals surface area (Å²) >= 11 is 0. The molecular weight excluding hydrogens is 410 g/mol. The molecule has 0 aromatic heterocycles. The van der Waals surface area contributed by atoms with E-state index in [0.717, 1.165) is 5.56 Å². The summed E-state index contributed by atoms with van der Waals surface area (Å²) in [6.07, 6.45) is 0.358. The first-order chi connectivity index (χ1) is 14.3. The molecule has 1 heterocycles. The lowest BCUT2D eigenvalue weighted by Gasteiger charge is -2.36. The molecule has 0 aliphatic carbocycles. The highest BCUT2D eigenvalue weighted by Crippen LogP contribution is 2.41. The Morgan fingerprint density at radius 1 is 1.00 bits per heavy atom. The zero-order chi connectivity index (χ0) is 21.9. The van der Waals surface area contributed by atoms with E-state index in [-0.39, 0.29) is 17.9 Å². The third-order valence-electron chi connectivity index (χ3n) is 5.21. The van der Waals surface area contributed by atoms with Gasteiger partial charge in [0.15, 0.2) is 11.5 Å². The molecule has 8 nitrogen and oxygen atoms in total. The van der Waals surface area contributed by atoms with E-state index in [9.17, 15) is 13.2 Å². The van der Waals surface area contributed by atoms with E-state index in [1.165, 1.54) is 37.8 Å². The molecule has 2 aromatic rings. The average molecular weight is 435 g/mol. The molecule has 0 N–H and O–H groups in total. The number of hydrogen-bond donors (Lipinski definition) is 0. The third-order valence-corrected chi connectivity index (χ3v) is 7.13. The van der Waals surface area contributed by atoms with Crippen molar-refractivity contribution in [1.82, 2.24) is 4.31 Å². The lowest BCUT2D eigenvalue weighted by Crippen LogP contribution is -2.41. The van der Waals surface area contributed by atoms with Gasteiger partial charge in [0, 0.05) is 6.54 Å². The summed E-state index contributed by atoms with van der Waals surface area (Å²) in [6.45, 7) is 0.221. The fourth-order valence-electron chi connectivity index (χ4n) is 3.63. The minimum Gasteiger partial charge on any atom is -0.497 e. The number of rotatable bonds is 7. The van der Waals surface area contributed by atoms with Crippen molar-refractivity contribution in [3.8, 4) is 17.2 Å². The Bertz CT molecular complexity index is 1020. The molecule has 30 heavy (non-hydrogen) atoms. The molecule has 0 saturated carbocycles.